The highest BCUT2D eigenvalue weighted by Crippen LogP contribution is 2.28. The lowest BCUT2D eigenvalue weighted by molar-refractivity contribution is -0.135. The molecule has 0 bridgehead atoms. The van der Waals surface area contributed by atoms with Crippen molar-refractivity contribution in [2.24, 2.45) is 28.5 Å². The third kappa shape index (κ3) is 5.64. The van der Waals surface area contributed by atoms with Crippen molar-refractivity contribution in [2.45, 2.75) is 32.9 Å². The molecule has 1 aromatic carbocycles. The van der Waals surface area contributed by atoms with Crippen molar-refractivity contribution in [1.82, 2.24) is 10.2 Å². The number of carbonyl (C=O) groups excluding carboxylic acids is 3. The third-order valence-corrected chi connectivity index (χ3v) is 6.25. The van der Waals surface area contributed by atoms with E-state index in [0.29, 0.717) is 38.6 Å². The van der Waals surface area contributed by atoms with E-state index in [1.165, 1.54) is 4.90 Å². The third-order valence-electron chi connectivity index (χ3n) is 6.25. The molecule has 3 amide bonds. The van der Waals surface area contributed by atoms with Gasteiger partial charge in [0.25, 0.3) is 5.91 Å². The number of benzene rings is 1. The van der Waals surface area contributed by atoms with Gasteiger partial charge in [-0.05, 0) is 30.9 Å². The number of carbonyl (C=O) groups is 3. The van der Waals surface area contributed by atoms with Crippen molar-refractivity contribution in [3.63, 3.8) is 0 Å². The minimum Gasteiger partial charge on any atom is -0.378 e. The molecule has 3 N–H and O–H groups in total. The zero-order chi connectivity index (χ0) is 24.8. The number of aliphatic imine (C=N–C) groups is 1. The quantitative estimate of drug-likeness (QED) is 0.560. The minimum absolute atomic E-state index is 0.145. The molecule has 0 radical (unpaired) electrons. The number of ether oxygens (including phenoxy) is 1. The number of rotatable bonds is 8. The normalized spacial score (nSPS) is 20.2. The Hall–Kier alpha value is -3.20. The van der Waals surface area contributed by atoms with Gasteiger partial charge in [-0.25, -0.2) is 4.99 Å². The topological polar surface area (TPSA) is 117 Å². The number of amides is 3. The van der Waals surface area contributed by atoms with Gasteiger partial charge in [-0.3, -0.25) is 14.4 Å². The molecule has 2 aliphatic heterocycles. The number of likely N-dealkylation sites (N-methyl/N-ethyl adjacent to an activating group) is 1. The van der Waals surface area contributed by atoms with Crippen LogP contribution in [-0.2, 0) is 19.1 Å². The van der Waals surface area contributed by atoms with Gasteiger partial charge in [-0.1, -0.05) is 32.1 Å². The van der Waals surface area contributed by atoms with Crippen LogP contribution in [0.2, 0.25) is 0 Å². The van der Waals surface area contributed by atoms with E-state index in [-0.39, 0.29) is 18.2 Å². The first-order chi connectivity index (χ1) is 16.2. The summed E-state index contributed by atoms with van der Waals surface area (Å²) >= 11 is 0. The number of hydrogen-bond donors (Lipinski definition) is 2. The summed E-state index contributed by atoms with van der Waals surface area (Å²) in [6, 6.07) is 7.55. The van der Waals surface area contributed by atoms with Gasteiger partial charge in [0.05, 0.1) is 30.7 Å². The molecule has 2 heterocycles. The molecule has 0 spiro atoms. The summed E-state index contributed by atoms with van der Waals surface area (Å²) in [5.41, 5.74) is 7.17. The first-order valence-corrected chi connectivity index (χ1v) is 11.7. The van der Waals surface area contributed by atoms with Gasteiger partial charge < -0.3 is 25.6 Å². The smallest absolute Gasteiger partial charge is 0.272 e. The number of fused-ring (bicyclic) bond motifs is 1. The molecular formula is C25H35N5O4. The molecule has 1 aromatic rings. The van der Waals surface area contributed by atoms with Gasteiger partial charge in [-0.2, -0.15) is 0 Å². The fourth-order valence-corrected chi connectivity index (χ4v) is 4.49. The zero-order valence-corrected chi connectivity index (χ0v) is 20.2. The van der Waals surface area contributed by atoms with Crippen LogP contribution in [0.5, 0.6) is 0 Å². The highest BCUT2D eigenvalue weighted by molar-refractivity contribution is 6.12. The summed E-state index contributed by atoms with van der Waals surface area (Å²) in [6.07, 6.45) is 1.19. The maximum atomic E-state index is 13.5. The number of nitrogens with two attached hydrogens (primary N) is 1. The second kappa shape index (κ2) is 11.3. The molecule has 184 valence electrons. The Morgan fingerprint density at radius 1 is 1.26 bits per heavy atom. The summed E-state index contributed by atoms with van der Waals surface area (Å²) < 4.78 is 5.49. The van der Waals surface area contributed by atoms with E-state index in [0.717, 1.165) is 11.3 Å². The molecule has 0 aromatic heterocycles. The largest absolute Gasteiger partial charge is 0.378 e. The second-order valence-corrected chi connectivity index (χ2v) is 9.15. The van der Waals surface area contributed by atoms with Crippen molar-refractivity contribution in [3.8, 4) is 0 Å². The summed E-state index contributed by atoms with van der Waals surface area (Å²) in [6.45, 7) is 10.0. The second-order valence-electron chi connectivity index (χ2n) is 9.15. The number of para-hydroxylation sites is 1. The highest BCUT2D eigenvalue weighted by Gasteiger charge is 2.37. The molecule has 0 aliphatic carbocycles. The number of nitrogens with one attached hydrogen (secondary N) is 1. The number of benzodiazepines with no additional fused rings is 1. The Morgan fingerprint density at radius 3 is 2.56 bits per heavy atom. The molecule has 1 saturated heterocycles. The summed E-state index contributed by atoms with van der Waals surface area (Å²) in [7, 11) is 1.67. The Bertz CT molecular complexity index is 954. The average molecular weight is 470 g/mol. The minimum atomic E-state index is -1.13. The van der Waals surface area contributed by atoms with Gasteiger partial charge >= 0.3 is 0 Å². The fourth-order valence-electron chi connectivity index (χ4n) is 4.49. The Balaban J connectivity index is 1.97. The number of amidine groups is 1. The molecule has 9 heteroatoms. The van der Waals surface area contributed by atoms with Crippen LogP contribution >= 0.6 is 0 Å². The number of hydrogen-bond acceptors (Lipinski definition) is 6. The van der Waals surface area contributed by atoms with E-state index in [9.17, 15) is 14.4 Å². The number of morpholine rings is 1. The van der Waals surface area contributed by atoms with Gasteiger partial charge in [0.2, 0.25) is 18.0 Å². The number of nitrogens with zero attached hydrogens (tertiary/aromatic N) is 3. The molecule has 3 unspecified atom stereocenters. The number of anilines is 1. The Morgan fingerprint density at radius 2 is 1.94 bits per heavy atom. The number of primary amides is 1. The van der Waals surface area contributed by atoms with E-state index < -0.39 is 29.8 Å². The van der Waals surface area contributed by atoms with Gasteiger partial charge in [-0.15, -0.1) is 6.58 Å². The lowest BCUT2D eigenvalue weighted by atomic mass is 9.82. The fraction of sp³-hybridized carbons (Fsp3) is 0.520. The zero-order valence-electron chi connectivity index (χ0n) is 20.2. The predicted octanol–water partition coefficient (Wildman–Crippen LogP) is 1.52. The molecule has 0 saturated carbocycles. The maximum Gasteiger partial charge on any atom is 0.272 e. The monoisotopic (exact) mass is 469 g/mol. The van der Waals surface area contributed by atoms with Crippen LogP contribution in [0, 0.1) is 17.8 Å². The van der Waals surface area contributed by atoms with Crippen LogP contribution in [0.3, 0.4) is 0 Å². The molecule has 3 atom stereocenters. The molecule has 1 fully saturated rings. The molecule has 2 aliphatic rings. The lowest BCUT2D eigenvalue weighted by Gasteiger charge is -2.30. The molecule has 9 nitrogen and oxygen atoms in total. The number of allylic oxidation sites excluding steroid dienone is 1. The highest BCUT2D eigenvalue weighted by atomic mass is 16.5. The van der Waals surface area contributed by atoms with Crippen molar-refractivity contribution < 1.29 is 19.1 Å². The molecular weight excluding hydrogens is 434 g/mol. The Kier molecular flexibility index (Phi) is 8.44. The standard InChI is InChI=1S/C25H35N5O4/c1-5-8-17(21(26)31)19(15-16(2)3)24(32)28-22-25(33)29(4)20-10-7-6-9-18(20)23(27-22)30-11-13-34-14-12-30/h5-7,9-10,16-17,19,22H,1,8,11-15H2,2-4H3,(H2,26,31)(H,28,32). The van der Waals surface area contributed by atoms with Crippen molar-refractivity contribution >= 4 is 29.2 Å². The SMILES string of the molecule is C=CCC(C(N)=O)C(CC(C)C)C(=O)NC1N=C(N2CCOCC2)c2ccccc2N(C)C1=O. The van der Waals surface area contributed by atoms with Crippen LogP contribution in [0.4, 0.5) is 5.69 Å². The van der Waals surface area contributed by atoms with Gasteiger partial charge in [0, 0.05) is 25.7 Å². The van der Waals surface area contributed by atoms with E-state index >= 15 is 0 Å². The molecule has 34 heavy (non-hydrogen) atoms. The van der Waals surface area contributed by atoms with Gasteiger partial charge in [0.15, 0.2) is 0 Å². The van der Waals surface area contributed by atoms with E-state index in [1.54, 1.807) is 13.1 Å². The van der Waals surface area contributed by atoms with Crippen LogP contribution in [0.15, 0.2) is 41.9 Å². The van der Waals surface area contributed by atoms with Crippen LogP contribution in [0.25, 0.3) is 0 Å². The summed E-state index contributed by atoms with van der Waals surface area (Å²) in [5, 5.41) is 2.82. The van der Waals surface area contributed by atoms with E-state index in [1.807, 2.05) is 38.1 Å². The van der Waals surface area contributed by atoms with Crippen LogP contribution < -0.4 is 16.0 Å². The first-order valence-electron chi connectivity index (χ1n) is 11.7. The molecule has 3 rings (SSSR count). The van der Waals surface area contributed by atoms with Crippen molar-refractivity contribution in [1.29, 1.82) is 0 Å². The van der Waals surface area contributed by atoms with Crippen LogP contribution in [0.1, 0.15) is 32.3 Å². The van der Waals surface area contributed by atoms with Crippen molar-refractivity contribution in [2.75, 3.05) is 38.3 Å². The summed E-state index contributed by atoms with van der Waals surface area (Å²) in [4.78, 5) is 47.4. The van der Waals surface area contributed by atoms with E-state index in [2.05, 4.69) is 16.8 Å². The Labute approximate surface area is 201 Å². The summed E-state index contributed by atoms with van der Waals surface area (Å²) in [5.74, 6) is -1.95. The van der Waals surface area contributed by atoms with Gasteiger partial charge in [0.1, 0.15) is 5.84 Å². The maximum absolute atomic E-state index is 13.5. The predicted molar refractivity (Wildman–Crippen MR) is 131 cm³/mol. The van der Waals surface area contributed by atoms with Crippen LogP contribution in [-0.4, -0.2) is 68.0 Å². The van der Waals surface area contributed by atoms with Crippen molar-refractivity contribution in [3.05, 3.63) is 42.5 Å². The first kappa shape index (κ1) is 25.4. The lowest BCUT2D eigenvalue weighted by Crippen LogP contribution is -2.50. The van der Waals surface area contributed by atoms with E-state index in [4.69, 9.17) is 15.5 Å². The average Bonchev–Trinajstić information content (AvgIpc) is 2.92.